The van der Waals surface area contributed by atoms with E-state index in [0.29, 0.717) is 17.9 Å². The molecular formula is C17H21N3O3. The summed E-state index contributed by atoms with van der Waals surface area (Å²) in [4.78, 5) is 23.5. The zero-order chi connectivity index (χ0) is 16.4. The maximum absolute atomic E-state index is 12.2. The van der Waals surface area contributed by atoms with Crippen molar-refractivity contribution in [2.24, 2.45) is 11.0 Å². The van der Waals surface area contributed by atoms with Crippen molar-refractivity contribution in [1.82, 2.24) is 5.32 Å². The third kappa shape index (κ3) is 3.88. The van der Waals surface area contributed by atoms with Crippen LogP contribution in [0.2, 0.25) is 0 Å². The molecule has 2 aliphatic rings. The number of aliphatic carboxylic acids is 1. The maximum atomic E-state index is 12.2. The van der Waals surface area contributed by atoms with E-state index >= 15 is 0 Å². The Balaban J connectivity index is 1.63. The molecule has 1 aromatic carbocycles. The Morgan fingerprint density at radius 3 is 2.57 bits per heavy atom. The highest BCUT2D eigenvalue weighted by molar-refractivity contribution is 5.97. The third-order valence-corrected chi connectivity index (χ3v) is 4.27. The zero-order valence-electron chi connectivity index (χ0n) is 13.2. The summed E-state index contributed by atoms with van der Waals surface area (Å²) in [6.07, 6.45) is 3.58. The molecule has 0 spiro atoms. The number of carboxylic acid groups (broad SMARTS) is 1. The number of hydrogen-bond donors (Lipinski definition) is 2. The molecule has 1 aromatic rings. The number of benzene rings is 1. The standard InChI is InChI=1S/C17H21N3O3/c1-11-8-9-20(19-11)14-6-4-13(5-7-14)16(21)18-15(17(22)23)10-12-2-3-12/h4-7,12,15H,2-3,8-10H2,1H3,(H,18,21)(H,22,23). The average Bonchev–Trinajstić information content (AvgIpc) is 3.25. The van der Waals surface area contributed by atoms with Crippen molar-refractivity contribution in [1.29, 1.82) is 0 Å². The lowest BCUT2D eigenvalue weighted by molar-refractivity contribution is -0.139. The van der Waals surface area contributed by atoms with Crippen LogP contribution in [0.25, 0.3) is 0 Å². The number of nitrogens with one attached hydrogen (secondary N) is 1. The fourth-order valence-corrected chi connectivity index (χ4v) is 2.70. The van der Waals surface area contributed by atoms with Gasteiger partial charge in [0.25, 0.3) is 5.91 Å². The van der Waals surface area contributed by atoms with Gasteiger partial charge in [-0.05, 0) is 43.5 Å². The summed E-state index contributed by atoms with van der Waals surface area (Å²) in [6, 6.07) is 6.30. The molecule has 1 heterocycles. The summed E-state index contributed by atoms with van der Waals surface area (Å²) in [7, 11) is 0. The number of hydrazone groups is 1. The molecule has 0 saturated heterocycles. The Hall–Kier alpha value is -2.37. The molecule has 0 bridgehead atoms. The molecule has 0 radical (unpaired) electrons. The highest BCUT2D eigenvalue weighted by Gasteiger charge is 2.30. The van der Waals surface area contributed by atoms with Gasteiger partial charge >= 0.3 is 5.97 Å². The molecule has 6 nitrogen and oxygen atoms in total. The number of carboxylic acids is 1. The lowest BCUT2D eigenvalue weighted by Gasteiger charge is -2.16. The fraction of sp³-hybridized carbons (Fsp3) is 0.471. The number of carbonyl (C=O) groups excluding carboxylic acids is 1. The molecule has 1 saturated carbocycles. The topological polar surface area (TPSA) is 82.0 Å². The highest BCUT2D eigenvalue weighted by Crippen LogP contribution is 2.33. The molecule has 1 unspecified atom stereocenters. The fourth-order valence-electron chi connectivity index (χ4n) is 2.70. The van der Waals surface area contributed by atoms with Crippen LogP contribution in [0.1, 0.15) is 43.0 Å². The van der Waals surface area contributed by atoms with Crippen molar-refractivity contribution in [3.8, 4) is 0 Å². The molecule has 1 aliphatic heterocycles. The van der Waals surface area contributed by atoms with Crippen molar-refractivity contribution in [3.63, 3.8) is 0 Å². The molecule has 122 valence electrons. The van der Waals surface area contributed by atoms with Gasteiger partial charge in [-0.25, -0.2) is 4.79 Å². The number of anilines is 1. The molecule has 0 aromatic heterocycles. The number of carbonyl (C=O) groups is 2. The molecule has 6 heteroatoms. The highest BCUT2D eigenvalue weighted by atomic mass is 16.4. The van der Waals surface area contributed by atoms with Crippen molar-refractivity contribution in [2.75, 3.05) is 11.6 Å². The summed E-state index contributed by atoms with van der Waals surface area (Å²) in [5, 5.41) is 18.2. The second-order valence-electron chi connectivity index (χ2n) is 6.30. The van der Waals surface area contributed by atoms with E-state index in [9.17, 15) is 14.7 Å². The van der Waals surface area contributed by atoms with E-state index in [4.69, 9.17) is 0 Å². The van der Waals surface area contributed by atoms with Crippen LogP contribution in [0.3, 0.4) is 0 Å². The van der Waals surface area contributed by atoms with Crippen molar-refractivity contribution in [2.45, 2.75) is 38.6 Å². The first-order chi connectivity index (χ1) is 11.0. The van der Waals surface area contributed by atoms with Crippen LogP contribution >= 0.6 is 0 Å². The van der Waals surface area contributed by atoms with Crippen LogP contribution < -0.4 is 10.3 Å². The number of nitrogens with zero attached hydrogens (tertiary/aromatic N) is 2. The second kappa shape index (κ2) is 6.40. The monoisotopic (exact) mass is 315 g/mol. The average molecular weight is 315 g/mol. The van der Waals surface area contributed by atoms with Crippen molar-refractivity contribution < 1.29 is 14.7 Å². The van der Waals surface area contributed by atoms with Crippen molar-refractivity contribution >= 4 is 23.3 Å². The van der Waals surface area contributed by atoms with E-state index in [-0.39, 0.29) is 5.91 Å². The van der Waals surface area contributed by atoms with Gasteiger partial charge in [-0.15, -0.1) is 0 Å². The summed E-state index contributed by atoms with van der Waals surface area (Å²) in [5.41, 5.74) is 2.50. The van der Waals surface area contributed by atoms with Gasteiger partial charge in [-0.2, -0.15) is 5.10 Å². The minimum absolute atomic E-state index is 0.342. The van der Waals surface area contributed by atoms with Gasteiger partial charge in [0, 0.05) is 24.2 Å². The molecule has 1 atom stereocenters. The van der Waals surface area contributed by atoms with E-state index in [1.165, 1.54) is 0 Å². The van der Waals surface area contributed by atoms with Crippen LogP contribution in [-0.2, 0) is 4.79 Å². The summed E-state index contributed by atoms with van der Waals surface area (Å²) >= 11 is 0. The number of rotatable bonds is 6. The number of amides is 1. The van der Waals surface area contributed by atoms with Crippen LogP contribution in [0.5, 0.6) is 0 Å². The summed E-state index contributed by atoms with van der Waals surface area (Å²) in [5.74, 6) is -0.871. The molecule has 2 N–H and O–H groups in total. The van der Waals surface area contributed by atoms with Gasteiger partial charge in [-0.1, -0.05) is 12.8 Å². The van der Waals surface area contributed by atoms with Crippen LogP contribution in [0.15, 0.2) is 29.4 Å². The predicted molar refractivity (Wildman–Crippen MR) is 87.7 cm³/mol. The summed E-state index contributed by atoms with van der Waals surface area (Å²) in [6.45, 7) is 2.84. The lowest BCUT2D eigenvalue weighted by atomic mass is 10.1. The molecule has 1 fully saturated rings. The van der Waals surface area contributed by atoms with Crippen LogP contribution in [0.4, 0.5) is 5.69 Å². The Morgan fingerprint density at radius 1 is 1.35 bits per heavy atom. The van der Waals surface area contributed by atoms with Crippen LogP contribution in [0, 0.1) is 5.92 Å². The molecular weight excluding hydrogens is 294 g/mol. The minimum Gasteiger partial charge on any atom is -0.480 e. The first-order valence-corrected chi connectivity index (χ1v) is 7.98. The third-order valence-electron chi connectivity index (χ3n) is 4.27. The van der Waals surface area contributed by atoms with E-state index in [0.717, 1.165) is 37.2 Å². The smallest absolute Gasteiger partial charge is 0.326 e. The van der Waals surface area contributed by atoms with Crippen molar-refractivity contribution in [3.05, 3.63) is 29.8 Å². The zero-order valence-corrected chi connectivity index (χ0v) is 13.2. The largest absolute Gasteiger partial charge is 0.480 e. The Bertz CT molecular complexity index is 635. The molecule has 23 heavy (non-hydrogen) atoms. The quantitative estimate of drug-likeness (QED) is 0.843. The van der Waals surface area contributed by atoms with Gasteiger partial charge in [0.05, 0.1) is 5.69 Å². The van der Waals surface area contributed by atoms with Gasteiger partial charge < -0.3 is 10.4 Å². The molecule has 1 aliphatic carbocycles. The van der Waals surface area contributed by atoms with Gasteiger partial charge in [-0.3, -0.25) is 9.80 Å². The van der Waals surface area contributed by atoms with E-state index in [2.05, 4.69) is 10.4 Å². The minimum atomic E-state index is -0.969. The van der Waals surface area contributed by atoms with Gasteiger partial charge in [0.1, 0.15) is 6.04 Å². The van der Waals surface area contributed by atoms with E-state index in [1.54, 1.807) is 12.1 Å². The maximum Gasteiger partial charge on any atom is 0.326 e. The molecule has 3 rings (SSSR count). The van der Waals surface area contributed by atoms with E-state index in [1.807, 2.05) is 24.1 Å². The molecule has 1 amide bonds. The Morgan fingerprint density at radius 2 is 2.04 bits per heavy atom. The van der Waals surface area contributed by atoms with Crippen LogP contribution in [-0.4, -0.2) is 35.3 Å². The summed E-state index contributed by atoms with van der Waals surface area (Å²) < 4.78 is 0. The normalized spacial score (nSPS) is 18.5. The number of hydrogen-bond acceptors (Lipinski definition) is 4. The van der Waals surface area contributed by atoms with Gasteiger partial charge in [0.15, 0.2) is 0 Å². The lowest BCUT2D eigenvalue weighted by Crippen LogP contribution is -2.41. The first-order valence-electron chi connectivity index (χ1n) is 7.98. The SMILES string of the molecule is CC1=NN(c2ccc(C(=O)NC(CC3CC3)C(=O)O)cc2)CC1. The predicted octanol–water partition coefficient (Wildman–Crippen LogP) is 2.26. The first kappa shape index (κ1) is 15.5. The Labute approximate surface area is 135 Å². The van der Waals surface area contributed by atoms with Gasteiger partial charge in [0.2, 0.25) is 0 Å². The Kier molecular flexibility index (Phi) is 4.32. The van der Waals surface area contributed by atoms with E-state index < -0.39 is 12.0 Å². The second-order valence-corrected chi connectivity index (χ2v) is 6.30.